The first kappa shape index (κ1) is 18.9. The summed E-state index contributed by atoms with van der Waals surface area (Å²) in [5.74, 6) is -0.200. The Hall–Kier alpha value is -3.48. The van der Waals surface area contributed by atoms with Gasteiger partial charge in [0.25, 0.3) is 0 Å². The predicted molar refractivity (Wildman–Crippen MR) is 109 cm³/mol. The van der Waals surface area contributed by atoms with E-state index >= 15 is 0 Å². The highest BCUT2D eigenvalue weighted by atomic mass is 16.2. The van der Waals surface area contributed by atoms with Gasteiger partial charge in [0.1, 0.15) is 12.7 Å². The van der Waals surface area contributed by atoms with Crippen molar-refractivity contribution in [1.82, 2.24) is 20.1 Å². The van der Waals surface area contributed by atoms with Gasteiger partial charge in [0.2, 0.25) is 11.8 Å². The van der Waals surface area contributed by atoms with E-state index in [0.717, 1.165) is 16.8 Å². The lowest BCUT2D eigenvalue weighted by Crippen LogP contribution is -2.44. The highest BCUT2D eigenvalue weighted by Gasteiger charge is 2.50. The minimum Gasteiger partial charge on any atom is -0.354 e. The van der Waals surface area contributed by atoms with E-state index in [0.29, 0.717) is 19.5 Å². The van der Waals surface area contributed by atoms with Crippen molar-refractivity contribution in [2.24, 2.45) is 0 Å². The number of carbonyl (C=O) groups is 2. The number of hydrogen-bond donors (Lipinski definition) is 1. The van der Waals surface area contributed by atoms with E-state index < -0.39 is 5.41 Å². The van der Waals surface area contributed by atoms with Crippen molar-refractivity contribution in [2.45, 2.75) is 24.8 Å². The van der Waals surface area contributed by atoms with Crippen LogP contribution in [0, 0.1) is 0 Å². The third kappa shape index (κ3) is 3.63. The zero-order chi connectivity index (χ0) is 20.3. The van der Waals surface area contributed by atoms with Crippen LogP contribution in [0.3, 0.4) is 0 Å². The number of amides is 2. The van der Waals surface area contributed by atoms with E-state index in [1.165, 1.54) is 6.33 Å². The van der Waals surface area contributed by atoms with Crippen LogP contribution in [-0.2, 0) is 28.0 Å². The molecule has 0 saturated heterocycles. The van der Waals surface area contributed by atoms with E-state index in [4.69, 9.17) is 0 Å². The van der Waals surface area contributed by atoms with Gasteiger partial charge in [-0.3, -0.25) is 14.3 Å². The molecule has 0 aliphatic carbocycles. The lowest BCUT2D eigenvalue weighted by atomic mass is 9.73. The molecule has 1 atom stereocenters. The molecule has 1 aliphatic rings. The molecule has 0 spiro atoms. The van der Waals surface area contributed by atoms with Crippen molar-refractivity contribution in [1.29, 1.82) is 0 Å². The quantitative estimate of drug-likeness (QED) is 0.670. The van der Waals surface area contributed by atoms with Crippen LogP contribution in [0.2, 0.25) is 0 Å². The zero-order valence-corrected chi connectivity index (χ0v) is 16.3. The maximum absolute atomic E-state index is 13.4. The average Bonchev–Trinajstić information content (AvgIpc) is 3.32. The third-order valence-electron chi connectivity index (χ3n) is 5.44. The maximum atomic E-state index is 13.4. The summed E-state index contributed by atoms with van der Waals surface area (Å²) in [5, 5.41) is 6.96. The van der Waals surface area contributed by atoms with Gasteiger partial charge in [-0.2, -0.15) is 5.10 Å². The molecule has 1 N–H and O–H groups in total. The molecule has 7 nitrogen and oxygen atoms in total. The number of nitrogens with one attached hydrogen (secondary N) is 1. The molecule has 1 unspecified atom stereocenters. The highest BCUT2D eigenvalue weighted by molar-refractivity contribution is 6.09. The van der Waals surface area contributed by atoms with Crippen molar-refractivity contribution in [3.05, 3.63) is 78.4 Å². The fourth-order valence-corrected chi connectivity index (χ4v) is 4.06. The van der Waals surface area contributed by atoms with Gasteiger partial charge >= 0.3 is 0 Å². The molecule has 2 aromatic carbocycles. The lowest BCUT2D eigenvalue weighted by Gasteiger charge is -2.28. The number of hydrogen-bond acceptors (Lipinski definition) is 4. The van der Waals surface area contributed by atoms with Crippen LogP contribution < -0.4 is 10.2 Å². The molecule has 0 bridgehead atoms. The van der Waals surface area contributed by atoms with Gasteiger partial charge in [0.05, 0.1) is 12.0 Å². The van der Waals surface area contributed by atoms with E-state index in [-0.39, 0.29) is 18.2 Å². The number of rotatable bonds is 7. The molecule has 7 heteroatoms. The standard InChI is InChI=1S/C22H23N5O2/c1-26-19-10-6-5-9-18(19)22(21(26)29,13-17-7-3-2-4-8-17)14-20(28)24-11-12-27-16-23-15-25-27/h2-10,15-16H,11-14H2,1H3,(H,24,28). The number of para-hydroxylation sites is 1. The Bertz CT molecular complexity index is 1000. The van der Waals surface area contributed by atoms with Crippen molar-refractivity contribution in [2.75, 3.05) is 18.5 Å². The van der Waals surface area contributed by atoms with Gasteiger partial charge in [-0.25, -0.2) is 4.98 Å². The predicted octanol–water partition coefficient (Wildman–Crippen LogP) is 1.94. The normalized spacial score (nSPS) is 18.0. The fraction of sp³-hybridized carbons (Fsp3) is 0.273. The second-order valence-electron chi connectivity index (χ2n) is 7.31. The summed E-state index contributed by atoms with van der Waals surface area (Å²) in [4.78, 5) is 31.8. The molecule has 4 rings (SSSR count). The molecule has 1 aromatic heterocycles. The van der Waals surface area contributed by atoms with Gasteiger partial charge in [0.15, 0.2) is 0 Å². The van der Waals surface area contributed by atoms with Gasteiger partial charge < -0.3 is 10.2 Å². The molecular weight excluding hydrogens is 366 g/mol. The third-order valence-corrected chi connectivity index (χ3v) is 5.44. The van der Waals surface area contributed by atoms with Gasteiger partial charge in [-0.05, 0) is 23.6 Å². The summed E-state index contributed by atoms with van der Waals surface area (Å²) >= 11 is 0. The summed E-state index contributed by atoms with van der Waals surface area (Å²) in [6, 6.07) is 17.6. The van der Waals surface area contributed by atoms with Crippen LogP contribution in [0.1, 0.15) is 17.5 Å². The molecule has 3 aromatic rings. The zero-order valence-electron chi connectivity index (χ0n) is 16.3. The largest absolute Gasteiger partial charge is 0.354 e. The van der Waals surface area contributed by atoms with Crippen molar-refractivity contribution in [3.8, 4) is 0 Å². The van der Waals surface area contributed by atoms with Crippen molar-refractivity contribution < 1.29 is 9.59 Å². The number of benzene rings is 2. The van der Waals surface area contributed by atoms with Gasteiger partial charge in [0, 0.05) is 25.7 Å². The number of likely N-dealkylation sites (N-methyl/N-ethyl adjacent to an activating group) is 1. The Balaban J connectivity index is 1.59. The molecule has 148 valence electrons. The molecule has 0 radical (unpaired) electrons. The summed E-state index contributed by atoms with van der Waals surface area (Å²) in [7, 11) is 1.77. The number of aromatic nitrogens is 3. The molecule has 0 saturated carbocycles. The summed E-state index contributed by atoms with van der Waals surface area (Å²) in [6.07, 6.45) is 3.64. The van der Waals surface area contributed by atoms with Crippen LogP contribution in [0.25, 0.3) is 0 Å². The Labute approximate surface area is 169 Å². The second-order valence-corrected chi connectivity index (χ2v) is 7.31. The highest BCUT2D eigenvalue weighted by Crippen LogP contribution is 2.45. The Kier molecular flexibility index (Phi) is 5.12. The first-order chi connectivity index (χ1) is 14.1. The topological polar surface area (TPSA) is 80.1 Å². The molecular formula is C22H23N5O2. The Morgan fingerprint density at radius 3 is 2.62 bits per heavy atom. The first-order valence-electron chi connectivity index (χ1n) is 9.61. The SMILES string of the molecule is CN1C(=O)C(CC(=O)NCCn2cncn2)(Cc2ccccc2)c2ccccc21. The first-order valence-corrected chi connectivity index (χ1v) is 9.61. The summed E-state index contributed by atoms with van der Waals surface area (Å²) in [5.41, 5.74) is 1.89. The van der Waals surface area contributed by atoms with E-state index in [1.54, 1.807) is 23.0 Å². The summed E-state index contributed by atoms with van der Waals surface area (Å²) < 4.78 is 1.66. The van der Waals surface area contributed by atoms with Crippen molar-refractivity contribution >= 4 is 17.5 Å². The Morgan fingerprint density at radius 2 is 1.86 bits per heavy atom. The van der Waals surface area contributed by atoms with Crippen LogP contribution in [-0.4, -0.2) is 40.2 Å². The fourth-order valence-electron chi connectivity index (χ4n) is 4.06. The number of fused-ring (bicyclic) bond motifs is 1. The van der Waals surface area contributed by atoms with Gasteiger partial charge in [-0.1, -0.05) is 48.5 Å². The van der Waals surface area contributed by atoms with Gasteiger partial charge in [-0.15, -0.1) is 0 Å². The van der Waals surface area contributed by atoms with Crippen LogP contribution in [0.5, 0.6) is 0 Å². The minimum atomic E-state index is -0.913. The van der Waals surface area contributed by atoms with Crippen LogP contribution in [0.15, 0.2) is 67.3 Å². The molecule has 29 heavy (non-hydrogen) atoms. The van der Waals surface area contributed by atoms with E-state index in [2.05, 4.69) is 15.4 Å². The van der Waals surface area contributed by atoms with E-state index in [9.17, 15) is 9.59 Å². The van der Waals surface area contributed by atoms with Crippen molar-refractivity contribution in [3.63, 3.8) is 0 Å². The molecule has 2 heterocycles. The number of carbonyl (C=O) groups excluding carboxylic acids is 2. The molecule has 1 aliphatic heterocycles. The minimum absolute atomic E-state index is 0.0472. The van der Waals surface area contributed by atoms with Crippen LogP contribution >= 0.6 is 0 Å². The number of nitrogens with zero attached hydrogens (tertiary/aromatic N) is 4. The monoisotopic (exact) mass is 389 g/mol. The van der Waals surface area contributed by atoms with E-state index in [1.807, 2.05) is 54.6 Å². The second kappa shape index (κ2) is 7.87. The molecule has 2 amide bonds. The average molecular weight is 389 g/mol. The lowest BCUT2D eigenvalue weighted by molar-refractivity contribution is -0.129. The number of anilines is 1. The maximum Gasteiger partial charge on any atom is 0.238 e. The van der Waals surface area contributed by atoms with Crippen LogP contribution in [0.4, 0.5) is 5.69 Å². The molecule has 0 fully saturated rings. The Morgan fingerprint density at radius 1 is 1.10 bits per heavy atom. The smallest absolute Gasteiger partial charge is 0.238 e. The summed E-state index contributed by atoms with van der Waals surface area (Å²) in [6.45, 7) is 0.956.